The van der Waals surface area contributed by atoms with Gasteiger partial charge in [-0.05, 0) is 55.7 Å². The lowest BCUT2D eigenvalue weighted by atomic mass is 9.94. The van der Waals surface area contributed by atoms with Crippen LogP contribution in [0.5, 0.6) is 5.75 Å². The number of ether oxygens (including phenoxy) is 2. The van der Waals surface area contributed by atoms with Gasteiger partial charge in [0.25, 0.3) is 0 Å². The summed E-state index contributed by atoms with van der Waals surface area (Å²) in [6.07, 6.45) is 6.56. The minimum absolute atomic E-state index is 0.511. The molecule has 0 N–H and O–H groups in total. The van der Waals surface area contributed by atoms with Crippen LogP contribution in [0.3, 0.4) is 0 Å². The van der Waals surface area contributed by atoms with Gasteiger partial charge in [-0.15, -0.1) is 0 Å². The molecule has 2 atom stereocenters. The molecule has 0 bridgehead atoms. The van der Waals surface area contributed by atoms with Crippen LogP contribution in [-0.4, -0.2) is 25.2 Å². The Morgan fingerprint density at radius 3 is 2.74 bits per heavy atom. The van der Waals surface area contributed by atoms with Crippen LogP contribution in [0.15, 0.2) is 24.3 Å². The van der Waals surface area contributed by atoms with Gasteiger partial charge in [0.05, 0.1) is 13.2 Å². The van der Waals surface area contributed by atoms with Crippen molar-refractivity contribution >= 4 is 15.9 Å². The zero-order valence-corrected chi connectivity index (χ0v) is 13.2. The number of hydrogen-bond acceptors (Lipinski definition) is 2. The second-order valence-electron chi connectivity index (χ2n) is 5.28. The van der Waals surface area contributed by atoms with Gasteiger partial charge in [0, 0.05) is 11.9 Å². The van der Waals surface area contributed by atoms with Crippen LogP contribution in [0.4, 0.5) is 0 Å². The molecule has 1 saturated heterocycles. The van der Waals surface area contributed by atoms with Gasteiger partial charge in [0.15, 0.2) is 0 Å². The zero-order valence-electron chi connectivity index (χ0n) is 11.6. The molecule has 1 aromatic carbocycles. The summed E-state index contributed by atoms with van der Waals surface area (Å²) in [4.78, 5) is 0. The molecule has 1 aliphatic heterocycles. The Balaban J connectivity index is 1.79. The van der Waals surface area contributed by atoms with E-state index < -0.39 is 0 Å². The van der Waals surface area contributed by atoms with Crippen molar-refractivity contribution in [3.05, 3.63) is 29.8 Å². The van der Waals surface area contributed by atoms with Crippen molar-refractivity contribution in [2.24, 2.45) is 5.92 Å². The highest BCUT2D eigenvalue weighted by Gasteiger charge is 2.17. The topological polar surface area (TPSA) is 18.5 Å². The second kappa shape index (κ2) is 7.91. The fourth-order valence-corrected chi connectivity index (χ4v) is 3.17. The lowest BCUT2D eigenvalue weighted by Gasteiger charge is -2.16. The van der Waals surface area contributed by atoms with Crippen molar-refractivity contribution in [2.45, 2.75) is 38.2 Å². The molecule has 0 aromatic heterocycles. The smallest absolute Gasteiger partial charge is 0.118 e. The van der Waals surface area contributed by atoms with E-state index in [2.05, 4.69) is 28.1 Å². The Hall–Kier alpha value is -0.540. The lowest BCUT2D eigenvalue weighted by Crippen LogP contribution is -2.12. The minimum Gasteiger partial charge on any atom is -0.497 e. The van der Waals surface area contributed by atoms with Gasteiger partial charge in [-0.2, -0.15) is 0 Å². The molecule has 3 heteroatoms. The van der Waals surface area contributed by atoms with Crippen LogP contribution in [0.25, 0.3) is 0 Å². The summed E-state index contributed by atoms with van der Waals surface area (Å²) in [5.41, 5.74) is 1.39. The van der Waals surface area contributed by atoms with Crippen molar-refractivity contribution in [3.8, 4) is 5.75 Å². The van der Waals surface area contributed by atoms with E-state index >= 15 is 0 Å². The molecule has 1 aromatic rings. The highest BCUT2D eigenvalue weighted by Crippen LogP contribution is 2.23. The van der Waals surface area contributed by atoms with Crippen molar-refractivity contribution < 1.29 is 9.47 Å². The van der Waals surface area contributed by atoms with E-state index in [-0.39, 0.29) is 0 Å². The first-order chi connectivity index (χ1) is 9.31. The summed E-state index contributed by atoms with van der Waals surface area (Å²) in [6, 6.07) is 8.42. The molecule has 0 spiro atoms. The first kappa shape index (κ1) is 14.9. The van der Waals surface area contributed by atoms with Crippen molar-refractivity contribution in [1.82, 2.24) is 0 Å². The summed E-state index contributed by atoms with van der Waals surface area (Å²) in [6.45, 7) is 0.960. The summed E-state index contributed by atoms with van der Waals surface area (Å²) in [7, 11) is 1.71. The van der Waals surface area contributed by atoms with Crippen LogP contribution in [0.2, 0.25) is 0 Å². The first-order valence-corrected chi connectivity index (χ1v) is 8.24. The van der Waals surface area contributed by atoms with Crippen LogP contribution in [-0.2, 0) is 11.2 Å². The lowest BCUT2D eigenvalue weighted by molar-refractivity contribution is 0.0989. The molecule has 106 valence electrons. The summed E-state index contributed by atoms with van der Waals surface area (Å²) in [5.74, 6) is 1.62. The Kier molecular flexibility index (Phi) is 6.18. The van der Waals surface area contributed by atoms with Crippen molar-refractivity contribution in [2.75, 3.05) is 19.0 Å². The number of alkyl halides is 1. The first-order valence-electron chi connectivity index (χ1n) is 7.12. The Morgan fingerprint density at radius 2 is 2.16 bits per heavy atom. The quantitative estimate of drug-likeness (QED) is 0.699. The number of hydrogen-bond donors (Lipinski definition) is 0. The third kappa shape index (κ3) is 4.81. The predicted molar refractivity (Wildman–Crippen MR) is 82.2 cm³/mol. The fourth-order valence-electron chi connectivity index (χ4n) is 2.62. The molecular weight excluding hydrogens is 304 g/mol. The van der Waals surface area contributed by atoms with Gasteiger partial charge in [-0.3, -0.25) is 0 Å². The molecule has 2 rings (SSSR count). The second-order valence-corrected chi connectivity index (χ2v) is 5.93. The summed E-state index contributed by atoms with van der Waals surface area (Å²) in [5, 5.41) is 1.06. The highest BCUT2D eigenvalue weighted by molar-refractivity contribution is 9.09. The SMILES string of the molecule is COc1ccc(CC(CBr)CCC2CCCO2)cc1. The molecule has 2 nitrogen and oxygen atoms in total. The Labute approximate surface area is 124 Å². The molecule has 2 unspecified atom stereocenters. The average Bonchev–Trinajstić information content (AvgIpc) is 2.97. The molecule has 0 aliphatic carbocycles. The van der Waals surface area contributed by atoms with E-state index in [1.165, 1.54) is 31.2 Å². The molecular formula is C16H23BrO2. The normalized spacial score (nSPS) is 20.4. The summed E-state index contributed by atoms with van der Waals surface area (Å²) < 4.78 is 10.9. The third-order valence-electron chi connectivity index (χ3n) is 3.82. The largest absolute Gasteiger partial charge is 0.497 e. The van der Waals surface area contributed by atoms with E-state index in [1.807, 2.05) is 12.1 Å². The maximum absolute atomic E-state index is 5.70. The monoisotopic (exact) mass is 326 g/mol. The van der Waals surface area contributed by atoms with E-state index in [9.17, 15) is 0 Å². The average molecular weight is 327 g/mol. The zero-order chi connectivity index (χ0) is 13.5. The molecule has 1 fully saturated rings. The molecule has 0 radical (unpaired) electrons. The molecule has 1 aliphatic rings. The minimum atomic E-state index is 0.511. The number of rotatable bonds is 7. The van der Waals surface area contributed by atoms with Crippen LogP contribution < -0.4 is 4.74 Å². The van der Waals surface area contributed by atoms with Gasteiger partial charge in [-0.1, -0.05) is 28.1 Å². The number of benzene rings is 1. The third-order valence-corrected chi connectivity index (χ3v) is 4.74. The van der Waals surface area contributed by atoms with Crippen molar-refractivity contribution in [3.63, 3.8) is 0 Å². The van der Waals surface area contributed by atoms with E-state index in [1.54, 1.807) is 7.11 Å². The predicted octanol–water partition coefficient (Wildman–Crippen LogP) is 4.21. The maximum Gasteiger partial charge on any atom is 0.118 e. The maximum atomic E-state index is 5.70. The number of halogens is 1. The van der Waals surface area contributed by atoms with E-state index in [4.69, 9.17) is 9.47 Å². The van der Waals surface area contributed by atoms with Crippen LogP contribution in [0.1, 0.15) is 31.2 Å². The van der Waals surface area contributed by atoms with Gasteiger partial charge >= 0.3 is 0 Å². The van der Waals surface area contributed by atoms with E-state index in [0.717, 1.165) is 24.1 Å². The van der Waals surface area contributed by atoms with E-state index in [0.29, 0.717) is 12.0 Å². The number of methoxy groups -OCH3 is 1. The van der Waals surface area contributed by atoms with Gasteiger partial charge < -0.3 is 9.47 Å². The fraction of sp³-hybridized carbons (Fsp3) is 0.625. The highest BCUT2D eigenvalue weighted by atomic mass is 79.9. The van der Waals surface area contributed by atoms with Gasteiger partial charge in [0.2, 0.25) is 0 Å². The summed E-state index contributed by atoms with van der Waals surface area (Å²) >= 11 is 3.65. The van der Waals surface area contributed by atoms with Gasteiger partial charge in [0.1, 0.15) is 5.75 Å². The Bertz CT molecular complexity index is 358. The molecule has 0 amide bonds. The molecule has 1 heterocycles. The van der Waals surface area contributed by atoms with Crippen LogP contribution >= 0.6 is 15.9 Å². The molecule has 19 heavy (non-hydrogen) atoms. The standard InChI is InChI=1S/C16H23BrO2/c1-18-15-7-4-13(5-8-15)11-14(12-17)6-9-16-3-2-10-19-16/h4-5,7-8,14,16H,2-3,6,9-12H2,1H3. The van der Waals surface area contributed by atoms with Crippen LogP contribution in [0, 0.1) is 5.92 Å². The van der Waals surface area contributed by atoms with Crippen molar-refractivity contribution in [1.29, 1.82) is 0 Å². The molecule has 0 saturated carbocycles. The van der Waals surface area contributed by atoms with Gasteiger partial charge in [-0.25, -0.2) is 0 Å². The Morgan fingerprint density at radius 1 is 1.37 bits per heavy atom.